The van der Waals surface area contributed by atoms with Gasteiger partial charge in [-0.05, 0) is 87.5 Å². The Labute approximate surface area is 198 Å². The Morgan fingerprint density at radius 3 is 2.47 bits per heavy atom. The van der Waals surface area contributed by atoms with Crippen molar-refractivity contribution in [2.75, 3.05) is 30.3 Å². The minimum atomic E-state index is -0.290. The first-order valence-corrected chi connectivity index (χ1v) is 12.6. The summed E-state index contributed by atoms with van der Waals surface area (Å²) in [6.45, 7) is 3.83. The van der Waals surface area contributed by atoms with Gasteiger partial charge in [-0.2, -0.15) is 0 Å². The Morgan fingerprint density at radius 2 is 1.75 bits per heavy atom. The predicted molar refractivity (Wildman–Crippen MR) is 133 cm³/mol. The summed E-state index contributed by atoms with van der Waals surface area (Å²) in [4.78, 5) is 28.4. The van der Waals surface area contributed by atoms with Crippen molar-refractivity contribution >= 4 is 51.2 Å². The van der Waals surface area contributed by atoms with Gasteiger partial charge in [-0.25, -0.2) is 4.79 Å². The highest BCUT2D eigenvalue weighted by molar-refractivity contribution is 7.80. The molecule has 2 heterocycles. The number of hydrogen-bond donors (Lipinski definition) is 2. The van der Waals surface area contributed by atoms with Crippen LogP contribution in [0.1, 0.15) is 70.2 Å². The molecule has 0 spiro atoms. The lowest BCUT2D eigenvalue weighted by atomic mass is 10.1. The Hall–Kier alpha value is -2.45. The SMILES string of the molecule is CCOC(=O)c1c(NC(=S)Nc2ccc(C(=O)N3CCCC3)cc2)sc2c1CCCCC2. The molecule has 4 rings (SSSR count). The molecule has 0 radical (unpaired) electrons. The van der Waals surface area contributed by atoms with E-state index in [1.54, 1.807) is 11.3 Å². The number of likely N-dealkylation sites (tertiary alicyclic amines) is 1. The molecule has 2 aliphatic rings. The number of benzene rings is 1. The van der Waals surface area contributed by atoms with Crippen molar-refractivity contribution in [2.24, 2.45) is 0 Å². The van der Waals surface area contributed by atoms with Crippen LogP contribution >= 0.6 is 23.6 Å². The number of amides is 1. The van der Waals surface area contributed by atoms with Crippen LogP contribution in [-0.2, 0) is 17.6 Å². The molecule has 8 heteroatoms. The maximum absolute atomic E-state index is 12.7. The van der Waals surface area contributed by atoms with Crippen molar-refractivity contribution in [3.8, 4) is 0 Å². The third kappa shape index (κ3) is 5.13. The van der Waals surface area contributed by atoms with Gasteiger partial charge in [0.15, 0.2) is 5.11 Å². The number of thiophene rings is 1. The van der Waals surface area contributed by atoms with E-state index in [2.05, 4.69) is 10.6 Å². The van der Waals surface area contributed by atoms with E-state index < -0.39 is 0 Å². The summed E-state index contributed by atoms with van der Waals surface area (Å²) in [5, 5.41) is 7.54. The first kappa shape index (κ1) is 22.7. The lowest BCUT2D eigenvalue weighted by molar-refractivity contribution is 0.0526. The number of esters is 1. The maximum atomic E-state index is 12.7. The molecule has 0 atom stereocenters. The van der Waals surface area contributed by atoms with Gasteiger partial charge in [0.05, 0.1) is 12.2 Å². The van der Waals surface area contributed by atoms with Crippen molar-refractivity contribution in [1.29, 1.82) is 0 Å². The summed E-state index contributed by atoms with van der Waals surface area (Å²) in [7, 11) is 0. The molecule has 6 nitrogen and oxygen atoms in total. The average Bonchev–Trinajstić information content (AvgIpc) is 3.37. The molecule has 2 N–H and O–H groups in total. The number of rotatable bonds is 5. The summed E-state index contributed by atoms with van der Waals surface area (Å²) in [5.74, 6) is -0.212. The van der Waals surface area contributed by atoms with Crippen LogP contribution in [0, 0.1) is 0 Å². The summed E-state index contributed by atoms with van der Waals surface area (Å²) in [6.07, 6.45) is 7.44. The Bertz CT molecular complexity index is 995. The first-order chi connectivity index (χ1) is 15.6. The van der Waals surface area contributed by atoms with E-state index in [1.807, 2.05) is 36.1 Å². The number of thiocarbonyl (C=S) groups is 1. The van der Waals surface area contributed by atoms with Gasteiger partial charge >= 0.3 is 5.97 Å². The number of aryl methyl sites for hydroxylation is 1. The maximum Gasteiger partial charge on any atom is 0.341 e. The highest BCUT2D eigenvalue weighted by Gasteiger charge is 2.26. The van der Waals surface area contributed by atoms with Crippen LogP contribution < -0.4 is 10.6 Å². The predicted octanol–water partition coefficient (Wildman–Crippen LogP) is 5.24. The molecule has 1 amide bonds. The molecule has 0 saturated carbocycles. The number of ether oxygens (including phenoxy) is 1. The molecule has 1 aromatic heterocycles. The van der Waals surface area contributed by atoms with E-state index in [9.17, 15) is 9.59 Å². The quantitative estimate of drug-likeness (QED) is 0.353. The zero-order chi connectivity index (χ0) is 22.5. The van der Waals surface area contributed by atoms with Crippen molar-refractivity contribution in [1.82, 2.24) is 4.90 Å². The van der Waals surface area contributed by atoms with Crippen LogP contribution in [0.5, 0.6) is 0 Å². The highest BCUT2D eigenvalue weighted by atomic mass is 32.1. The largest absolute Gasteiger partial charge is 0.462 e. The summed E-state index contributed by atoms with van der Waals surface area (Å²) >= 11 is 7.12. The number of carbonyl (C=O) groups is 2. The smallest absolute Gasteiger partial charge is 0.341 e. The normalized spacial score (nSPS) is 15.6. The van der Waals surface area contributed by atoms with Crippen LogP contribution in [0.15, 0.2) is 24.3 Å². The van der Waals surface area contributed by atoms with Crippen molar-refractivity contribution < 1.29 is 14.3 Å². The molecule has 1 aliphatic heterocycles. The van der Waals surface area contributed by atoms with Crippen molar-refractivity contribution in [3.63, 3.8) is 0 Å². The summed E-state index contributed by atoms with van der Waals surface area (Å²) in [6, 6.07) is 7.35. The van der Waals surface area contributed by atoms with Crippen LogP contribution in [-0.4, -0.2) is 41.6 Å². The van der Waals surface area contributed by atoms with E-state index >= 15 is 0 Å². The molecule has 1 aromatic carbocycles. The molecule has 1 saturated heterocycles. The molecule has 0 bridgehead atoms. The fourth-order valence-electron chi connectivity index (χ4n) is 4.31. The molecular weight excluding hydrogens is 442 g/mol. The second kappa shape index (κ2) is 10.4. The third-order valence-electron chi connectivity index (χ3n) is 5.91. The number of nitrogens with zero attached hydrogens (tertiary/aromatic N) is 1. The molecule has 0 unspecified atom stereocenters. The fraction of sp³-hybridized carbons (Fsp3) is 0.458. The summed E-state index contributed by atoms with van der Waals surface area (Å²) < 4.78 is 5.34. The van der Waals surface area contributed by atoms with Gasteiger partial charge in [0.2, 0.25) is 0 Å². The Kier molecular flexibility index (Phi) is 7.42. The zero-order valence-electron chi connectivity index (χ0n) is 18.4. The van der Waals surface area contributed by atoms with E-state index in [-0.39, 0.29) is 11.9 Å². The van der Waals surface area contributed by atoms with Crippen LogP contribution in [0.4, 0.5) is 10.7 Å². The molecule has 1 fully saturated rings. The monoisotopic (exact) mass is 471 g/mol. The van der Waals surface area contributed by atoms with E-state index in [0.29, 0.717) is 22.8 Å². The van der Waals surface area contributed by atoms with Gasteiger partial charge in [0, 0.05) is 29.2 Å². The number of carbonyl (C=O) groups excluding carboxylic acids is 2. The minimum Gasteiger partial charge on any atom is -0.462 e. The van der Waals surface area contributed by atoms with E-state index in [1.165, 1.54) is 11.3 Å². The number of fused-ring (bicyclic) bond motifs is 1. The second-order valence-electron chi connectivity index (χ2n) is 8.14. The third-order valence-corrected chi connectivity index (χ3v) is 7.32. The molecule has 32 heavy (non-hydrogen) atoms. The number of hydrogen-bond acceptors (Lipinski definition) is 5. The molecular formula is C24H29N3O3S2. The van der Waals surface area contributed by atoms with Gasteiger partial charge in [-0.3, -0.25) is 4.79 Å². The van der Waals surface area contributed by atoms with Crippen LogP contribution in [0.3, 0.4) is 0 Å². The van der Waals surface area contributed by atoms with Crippen LogP contribution in [0.2, 0.25) is 0 Å². The Balaban J connectivity index is 1.45. The van der Waals surface area contributed by atoms with Gasteiger partial charge in [-0.1, -0.05) is 6.42 Å². The number of nitrogens with one attached hydrogen (secondary N) is 2. The molecule has 1 aliphatic carbocycles. The van der Waals surface area contributed by atoms with Crippen molar-refractivity contribution in [3.05, 3.63) is 45.8 Å². The standard InChI is InChI=1S/C24H29N3O3S2/c1-2-30-23(29)20-18-8-4-3-5-9-19(18)32-21(20)26-24(31)25-17-12-10-16(11-13-17)22(28)27-14-6-7-15-27/h10-13H,2-9,14-15H2,1H3,(H2,25,26,31). The van der Waals surface area contributed by atoms with Gasteiger partial charge in [0.1, 0.15) is 5.00 Å². The minimum absolute atomic E-state index is 0.0777. The van der Waals surface area contributed by atoms with Crippen LogP contribution in [0.25, 0.3) is 0 Å². The highest BCUT2D eigenvalue weighted by Crippen LogP contribution is 2.38. The lowest BCUT2D eigenvalue weighted by Crippen LogP contribution is -2.27. The molecule has 170 valence electrons. The average molecular weight is 472 g/mol. The van der Waals surface area contributed by atoms with Gasteiger partial charge < -0.3 is 20.3 Å². The topological polar surface area (TPSA) is 70.7 Å². The lowest BCUT2D eigenvalue weighted by Gasteiger charge is -2.16. The Morgan fingerprint density at radius 1 is 1.03 bits per heavy atom. The van der Waals surface area contributed by atoms with Gasteiger partial charge in [-0.15, -0.1) is 11.3 Å². The van der Waals surface area contributed by atoms with Gasteiger partial charge in [0.25, 0.3) is 5.91 Å². The fourth-order valence-corrected chi connectivity index (χ4v) is 5.88. The molecule has 2 aromatic rings. The zero-order valence-corrected chi connectivity index (χ0v) is 20.0. The second-order valence-corrected chi connectivity index (χ2v) is 9.66. The van der Waals surface area contributed by atoms with Crippen molar-refractivity contribution in [2.45, 2.75) is 51.9 Å². The van der Waals surface area contributed by atoms with E-state index in [0.717, 1.165) is 67.9 Å². The van der Waals surface area contributed by atoms with E-state index in [4.69, 9.17) is 17.0 Å². The first-order valence-electron chi connectivity index (χ1n) is 11.4. The number of anilines is 2. The summed E-state index contributed by atoms with van der Waals surface area (Å²) in [5.41, 5.74) is 3.21.